The minimum Gasteiger partial charge on any atom is -0.292 e. The highest BCUT2D eigenvalue weighted by molar-refractivity contribution is 6.21. The van der Waals surface area contributed by atoms with Crippen molar-refractivity contribution in [3.8, 4) is 0 Å². The molecule has 0 saturated heterocycles. The molecule has 13 heavy (non-hydrogen) atoms. The molecule has 0 saturated carbocycles. The molecule has 1 radical (unpaired) electrons. The van der Waals surface area contributed by atoms with Crippen molar-refractivity contribution < 1.29 is 4.79 Å². The third-order valence-corrected chi connectivity index (χ3v) is 1.79. The van der Waals surface area contributed by atoms with Gasteiger partial charge in [0.05, 0.1) is 5.57 Å². The molecule has 1 aliphatic heterocycles. The fraction of sp³-hybridized carbons (Fsp3) is 0.100. The molecule has 0 aromatic heterocycles. The Morgan fingerprint density at radius 1 is 1.23 bits per heavy atom. The SMILES string of the molecule is O=C1CN=N[C]=C1c1ccccc1. The summed E-state index contributed by atoms with van der Waals surface area (Å²) in [5.41, 5.74) is 1.38. The average Bonchev–Trinajstić information content (AvgIpc) is 2.20. The summed E-state index contributed by atoms with van der Waals surface area (Å²) in [6, 6.07) is 9.38. The van der Waals surface area contributed by atoms with Crippen LogP contribution in [0.4, 0.5) is 0 Å². The second-order valence-electron chi connectivity index (χ2n) is 2.68. The highest BCUT2D eigenvalue weighted by atomic mass is 16.1. The molecule has 0 amide bonds. The standard InChI is InChI=1S/C10H7N2O/c13-10-7-12-11-6-9(10)8-4-2-1-3-5-8/h1-5H,7H2. The van der Waals surface area contributed by atoms with Gasteiger partial charge in [-0.2, -0.15) is 10.2 Å². The van der Waals surface area contributed by atoms with Gasteiger partial charge in [-0.3, -0.25) is 4.79 Å². The third kappa shape index (κ3) is 1.54. The van der Waals surface area contributed by atoms with Crippen LogP contribution in [-0.4, -0.2) is 12.3 Å². The van der Waals surface area contributed by atoms with Crippen molar-refractivity contribution in [1.29, 1.82) is 0 Å². The lowest BCUT2D eigenvalue weighted by molar-refractivity contribution is -0.112. The minimum atomic E-state index is -0.0267. The molecule has 0 unspecified atom stereocenters. The fourth-order valence-electron chi connectivity index (χ4n) is 1.16. The maximum atomic E-state index is 11.3. The molecule has 1 aromatic rings. The van der Waals surface area contributed by atoms with Crippen molar-refractivity contribution in [2.45, 2.75) is 0 Å². The van der Waals surface area contributed by atoms with Crippen molar-refractivity contribution in [3.63, 3.8) is 0 Å². The quantitative estimate of drug-likeness (QED) is 0.635. The van der Waals surface area contributed by atoms with Crippen LogP contribution in [0.25, 0.3) is 5.57 Å². The molecule has 3 heteroatoms. The molecular formula is C10H7N2O. The van der Waals surface area contributed by atoms with Crippen molar-refractivity contribution >= 4 is 11.4 Å². The zero-order valence-electron chi connectivity index (χ0n) is 6.90. The lowest BCUT2D eigenvalue weighted by Crippen LogP contribution is -2.07. The zero-order valence-corrected chi connectivity index (χ0v) is 6.90. The van der Waals surface area contributed by atoms with Gasteiger partial charge in [-0.1, -0.05) is 30.3 Å². The Morgan fingerprint density at radius 3 is 2.69 bits per heavy atom. The fourth-order valence-corrected chi connectivity index (χ4v) is 1.16. The average molecular weight is 171 g/mol. The van der Waals surface area contributed by atoms with Gasteiger partial charge in [0, 0.05) is 0 Å². The molecule has 1 aromatic carbocycles. The number of rotatable bonds is 1. The van der Waals surface area contributed by atoms with Crippen LogP contribution in [0, 0.1) is 6.20 Å². The van der Waals surface area contributed by atoms with Crippen LogP contribution < -0.4 is 0 Å². The van der Waals surface area contributed by atoms with Gasteiger partial charge in [0.15, 0.2) is 5.78 Å². The first kappa shape index (κ1) is 7.86. The number of Topliss-reactive ketones (excluding diaryl/α,β-unsaturated/α-hetero) is 1. The summed E-state index contributed by atoms with van der Waals surface area (Å²) < 4.78 is 0. The van der Waals surface area contributed by atoms with Crippen LogP contribution in [0.3, 0.4) is 0 Å². The van der Waals surface area contributed by atoms with E-state index in [0.29, 0.717) is 5.57 Å². The van der Waals surface area contributed by atoms with Crippen molar-refractivity contribution in [3.05, 3.63) is 42.1 Å². The number of hydrogen-bond donors (Lipinski definition) is 0. The molecule has 0 aliphatic carbocycles. The first-order valence-corrected chi connectivity index (χ1v) is 3.96. The summed E-state index contributed by atoms with van der Waals surface area (Å²) in [5, 5.41) is 7.18. The van der Waals surface area contributed by atoms with Crippen LogP contribution in [-0.2, 0) is 4.79 Å². The highest BCUT2D eigenvalue weighted by Crippen LogP contribution is 2.17. The van der Waals surface area contributed by atoms with Gasteiger partial charge in [-0.25, -0.2) is 0 Å². The monoisotopic (exact) mass is 171 g/mol. The summed E-state index contributed by atoms with van der Waals surface area (Å²) in [6.07, 6.45) is 2.61. The zero-order chi connectivity index (χ0) is 9.10. The van der Waals surface area contributed by atoms with E-state index in [2.05, 4.69) is 16.4 Å². The lowest BCUT2D eigenvalue weighted by Gasteiger charge is -2.04. The molecule has 1 aliphatic rings. The van der Waals surface area contributed by atoms with Gasteiger partial charge >= 0.3 is 0 Å². The molecule has 2 rings (SSSR count). The Balaban J connectivity index is 2.41. The molecule has 3 nitrogen and oxygen atoms in total. The van der Waals surface area contributed by atoms with E-state index in [0.717, 1.165) is 5.56 Å². The normalized spacial score (nSPS) is 15.7. The number of hydrogen-bond acceptors (Lipinski definition) is 3. The molecule has 0 bridgehead atoms. The van der Waals surface area contributed by atoms with E-state index in [1.54, 1.807) is 0 Å². The highest BCUT2D eigenvalue weighted by Gasteiger charge is 2.14. The molecule has 0 N–H and O–H groups in total. The summed E-state index contributed by atoms with van der Waals surface area (Å²) >= 11 is 0. The third-order valence-electron chi connectivity index (χ3n) is 1.79. The van der Waals surface area contributed by atoms with E-state index in [4.69, 9.17) is 0 Å². The Kier molecular flexibility index (Phi) is 2.00. The molecular weight excluding hydrogens is 164 g/mol. The van der Waals surface area contributed by atoms with Gasteiger partial charge in [0.2, 0.25) is 0 Å². The molecule has 0 fully saturated rings. The van der Waals surface area contributed by atoms with Crippen LogP contribution in [0.15, 0.2) is 40.6 Å². The largest absolute Gasteiger partial charge is 0.292 e. The van der Waals surface area contributed by atoms with Crippen molar-refractivity contribution in [2.75, 3.05) is 6.54 Å². The Labute approximate surface area is 75.8 Å². The van der Waals surface area contributed by atoms with E-state index < -0.39 is 0 Å². The van der Waals surface area contributed by atoms with Crippen LogP contribution in [0.1, 0.15) is 5.56 Å². The summed E-state index contributed by atoms with van der Waals surface area (Å²) in [4.78, 5) is 11.3. The maximum Gasteiger partial charge on any atom is 0.189 e. The first-order valence-electron chi connectivity index (χ1n) is 3.96. The number of nitrogens with zero attached hydrogens (tertiary/aromatic N) is 2. The van der Waals surface area contributed by atoms with E-state index in [1.807, 2.05) is 30.3 Å². The Hall–Kier alpha value is -1.77. The second-order valence-corrected chi connectivity index (χ2v) is 2.68. The second kappa shape index (κ2) is 3.31. The van der Waals surface area contributed by atoms with E-state index in [1.165, 1.54) is 0 Å². The molecule has 0 spiro atoms. The molecule has 63 valence electrons. The summed E-state index contributed by atoms with van der Waals surface area (Å²) in [5.74, 6) is -0.0267. The van der Waals surface area contributed by atoms with Crippen LogP contribution >= 0.6 is 0 Å². The number of ketones is 1. The van der Waals surface area contributed by atoms with E-state index in [9.17, 15) is 4.79 Å². The van der Waals surface area contributed by atoms with Crippen molar-refractivity contribution in [2.24, 2.45) is 10.2 Å². The van der Waals surface area contributed by atoms with Gasteiger partial charge < -0.3 is 0 Å². The van der Waals surface area contributed by atoms with Gasteiger partial charge in [0.25, 0.3) is 0 Å². The minimum absolute atomic E-state index is 0.0267. The summed E-state index contributed by atoms with van der Waals surface area (Å²) in [7, 11) is 0. The van der Waals surface area contributed by atoms with E-state index in [-0.39, 0.29) is 12.3 Å². The number of carbonyl (C=O) groups excluding carboxylic acids is 1. The number of azo groups is 1. The van der Waals surface area contributed by atoms with Crippen LogP contribution in [0.5, 0.6) is 0 Å². The Morgan fingerprint density at radius 2 is 2.00 bits per heavy atom. The first-order chi connectivity index (χ1) is 6.38. The topological polar surface area (TPSA) is 41.8 Å². The van der Waals surface area contributed by atoms with Crippen molar-refractivity contribution in [1.82, 2.24) is 0 Å². The number of benzene rings is 1. The van der Waals surface area contributed by atoms with Crippen LogP contribution in [0.2, 0.25) is 0 Å². The molecule has 0 atom stereocenters. The summed E-state index contributed by atoms with van der Waals surface area (Å²) in [6.45, 7) is 0.136. The maximum absolute atomic E-state index is 11.3. The van der Waals surface area contributed by atoms with E-state index >= 15 is 0 Å². The predicted octanol–water partition coefficient (Wildman–Crippen LogP) is 1.87. The molecule has 1 heterocycles. The lowest BCUT2D eigenvalue weighted by atomic mass is 10.0. The van der Waals surface area contributed by atoms with Gasteiger partial charge in [-0.15, -0.1) is 0 Å². The van der Waals surface area contributed by atoms with Gasteiger partial charge in [-0.05, 0) is 5.56 Å². The Bertz CT molecular complexity index is 379. The predicted molar refractivity (Wildman–Crippen MR) is 47.8 cm³/mol. The smallest absolute Gasteiger partial charge is 0.189 e. The van der Waals surface area contributed by atoms with Gasteiger partial charge in [0.1, 0.15) is 12.7 Å². The number of carbonyl (C=O) groups is 1.